The Hall–Kier alpha value is -3.27. The molecule has 0 bridgehead atoms. The van der Waals surface area contributed by atoms with E-state index in [2.05, 4.69) is 29.6 Å². The molecule has 3 rings (SSSR count). The summed E-state index contributed by atoms with van der Waals surface area (Å²) < 4.78 is 5.22. The highest BCUT2D eigenvalue weighted by Crippen LogP contribution is 2.24. The van der Waals surface area contributed by atoms with E-state index in [1.807, 2.05) is 61.6 Å². The summed E-state index contributed by atoms with van der Waals surface area (Å²) in [4.78, 5) is 14.2. The maximum atomic E-state index is 12.5. The van der Waals surface area contributed by atoms with Crippen molar-refractivity contribution in [3.8, 4) is 16.9 Å². The quantitative estimate of drug-likeness (QED) is 0.692. The fourth-order valence-electron chi connectivity index (χ4n) is 2.98. The van der Waals surface area contributed by atoms with Gasteiger partial charge in [0.15, 0.2) is 0 Å². The Labute approximate surface area is 160 Å². The van der Waals surface area contributed by atoms with Gasteiger partial charge < -0.3 is 15.0 Å². The largest absolute Gasteiger partial charge is 0.497 e. The monoisotopic (exact) mass is 360 g/mol. The minimum atomic E-state index is -0.110. The van der Waals surface area contributed by atoms with Crippen LogP contribution >= 0.6 is 0 Å². The van der Waals surface area contributed by atoms with Crippen molar-refractivity contribution in [2.45, 2.75) is 13.1 Å². The Morgan fingerprint density at radius 1 is 0.963 bits per heavy atom. The lowest BCUT2D eigenvalue weighted by Crippen LogP contribution is -2.36. The second-order valence-electron chi connectivity index (χ2n) is 6.39. The molecule has 0 aliphatic rings. The molecule has 0 atom stereocenters. The molecule has 0 radical (unpaired) electrons. The van der Waals surface area contributed by atoms with Crippen molar-refractivity contribution in [1.82, 2.24) is 10.2 Å². The lowest BCUT2D eigenvalue weighted by molar-refractivity contribution is 0.206. The second-order valence-corrected chi connectivity index (χ2v) is 6.39. The van der Waals surface area contributed by atoms with Crippen LogP contribution in [0.4, 0.5) is 4.79 Å². The van der Waals surface area contributed by atoms with E-state index in [1.165, 1.54) is 0 Å². The van der Waals surface area contributed by atoms with E-state index < -0.39 is 0 Å². The van der Waals surface area contributed by atoms with Gasteiger partial charge in [-0.05, 0) is 34.4 Å². The Bertz CT molecular complexity index is 894. The number of nitrogens with zero attached hydrogens (tertiary/aromatic N) is 1. The Morgan fingerprint density at radius 2 is 1.70 bits per heavy atom. The normalized spacial score (nSPS) is 10.3. The van der Waals surface area contributed by atoms with Gasteiger partial charge in [0.2, 0.25) is 0 Å². The van der Waals surface area contributed by atoms with Gasteiger partial charge in [0.1, 0.15) is 5.75 Å². The first-order valence-corrected chi connectivity index (χ1v) is 8.92. The Kier molecular flexibility index (Phi) is 6.10. The summed E-state index contributed by atoms with van der Waals surface area (Å²) >= 11 is 0. The average molecular weight is 360 g/mol. The van der Waals surface area contributed by atoms with Crippen LogP contribution in [0.5, 0.6) is 5.75 Å². The third-order valence-electron chi connectivity index (χ3n) is 4.43. The Balaban J connectivity index is 1.65. The topological polar surface area (TPSA) is 41.6 Å². The van der Waals surface area contributed by atoms with Crippen molar-refractivity contribution >= 4 is 6.03 Å². The molecule has 0 aromatic heterocycles. The van der Waals surface area contributed by atoms with Gasteiger partial charge in [0.05, 0.1) is 7.11 Å². The molecule has 4 heteroatoms. The molecule has 0 fully saturated rings. The summed E-state index contributed by atoms with van der Waals surface area (Å²) in [5.41, 5.74) is 4.41. The van der Waals surface area contributed by atoms with Gasteiger partial charge in [0, 0.05) is 20.1 Å². The lowest BCUT2D eigenvalue weighted by atomic mass is 9.99. The number of hydrogen-bond donors (Lipinski definition) is 1. The van der Waals surface area contributed by atoms with Gasteiger partial charge in [0.25, 0.3) is 0 Å². The standard InChI is InChI=1S/C23H24N2O2/c1-25(23(26)24-16-18-9-8-13-21(15-18)27-2)17-20-12-6-7-14-22(20)19-10-4-3-5-11-19/h3-15H,16-17H2,1-2H3,(H,24,26). The number of amides is 2. The number of nitrogens with one attached hydrogen (secondary N) is 1. The molecule has 0 aliphatic carbocycles. The summed E-state index contributed by atoms with van der Waals surface area (Å²) in [5.74, 6) is 0.784. The van der Waals surface area contributed by atoms with Crippen molar-refractivity contribution in [3.63, 3.8) is 0 Å². The zero-order valence-electron chi connectivity index (χ0n) is 15.7. The molecule has 0 spiro atoms. The second kappa shape index (κ2) is 8.90. The van der Waals surface area contributed by atoms with Crippen LogP contribution in [0.1, 0.15) is 11.1 Å². The molecule has 27 heavy (non-hydrogen) atoms. The molecule has 1 N–H and O–H groups in total. The highest BCUT2D eigenvalue weighted by atomic mass is 16.5. The van der Waals surface area contributed by atoms with Gasteiger partial charge >= 0.3 is 6.03 Å². The molecule has 0 saturated heterocycles. The van der Waals surface area contributed by atoms with E-state index in [-0.39, 0.29) is 6.03 Å². The van der Waals surface area contributed by atoms with Crippen LogP contribution in [-0.4, -0.2) is 25.1 Å². The van der Waals surface area contributed by atoms with Crippen LogP contribution in [0.25, 0.3) is 11.1 Å². The minimum Gasteiger partial charge on any atom is -0.497 e. The van der Waals surface area contributed by atoms with Crippen LogP contribution in [0, 0.1) is 0 Å². The molecule has 0 saturated carbocycles. The molecule has 3 aromatic rings. The van der Waals surface area contributed by atoms with E-state index in [4.69, 9.17) is 4.74 Å². The summed E-state index contributed by atoms with van der Waals surface area (Å²) in [6, 6.07) is 26.0. The molecular formula is C23H24N2O2. The van der Waals surface area contributed by atoms with E-state index in [9.17, 15) is 4.79 Å². The SMILES string of the molecule is COc1cccc(CNC(=O)N(C)Cc2ccccc2-c2ccccc2)c1. The number of urea groups is 1. The third kappa shape index (κ3) is 4.88. The van der Waals surface area contributed by atoms with Crippen molar-refractivity contribution in [2.24, 2.45) is 0 Å². The fraction of sp³-hybridized carbons (Fsp3) is 0.174. The average Bonchev–Trinajstić information content (AvgIpc) is 2.73. The summed E-state index contributed by atoms with van der Waals surface area (Å²) in [7, 11) is 3.44. The van der Waals surface area contributed by atoms with Crippen molar-refractivity contribution < 1.29 is 9.53 Å². The highest BCUT2D eigenvalue weighted by Gasteiger charge is 2.12. The van der Waals surface area contributed by atoms with Crippen LogP contribution < -0.4 is 10.1 Å². The number of ether oxygens (including phenoxy) is 1. The predicted octanol–water partition coefficient (Wildman–Crippen LogP) is 4.70. The maximum absolute atomic E-state index is 12.5. The van der Waals surface area contributed by atoms with Crippen LogP contribution in [-0.2, 0) is 13.1 Å². The van der Waals surface area contributed by atoms with Gasteiger partial charge in [-0.3, -0.25) is 0 Å². The van der Waals surface area contributed by atoms with Crippen LogP contribution in [0.3, 0.4) is 0 Å². The van der Waals surface area contributed by atoms with Gasteiger partial charge in [-0.15, -0.1) is 0 Å². The van der Waals surface area contributed by atoms with E-state index in [0.29, 0.717) is 13.1 Å². The first-order chi connectivity index (χ1) is 13.2. The molecule has 138 valence electrons. The number of carbonyl (C=O) groups is 1. The number of benzene rings is 3. The van der Waals surface area contributed by atoms with Crippen molar-refractivity contribution in [2.75, 3.05) is 14.2 Å². The first-order valence-electron chi connectivity index (χ1n) is 8.92. The Morgan fingerprint density at radius 3 is 2.48 bits per heavy atom. The summed E-state index contributed by atoms with van der Waals surface area (Å²) in [6.45, 7) is 0.996. The zero-order chi connectivity index (χ0) is 19.1. The minimum absolute atomic E-state index is 0.110. The molecule has 2 amide bonds. The predicted molar refractivity (Wildman–Crippen MR) is 109 cm³/mol. The fourth-order valence-corrected chi connectivity index (χ4v) is 2.98. The van der Waals surface area contributed by atoms with Crippen molar-refractivity contribution in [3.05, 3.63) is 90.0 Å². The van der Waals surface area contributed by atoms with Crippen LogP contribution in [0.2, 0.25) is 0 Å². The molecule has 0 unspecified atom stereocenters. The molecular weight excluding hydrogens is 336 g/mol. The highest BCUT2D eigenvalue weighted by molar-refractivity contribution is 5.75. The third-order valence-corrected chi connectivity index (χ3v) is 4.43. The zero-order valence-corrected chi connectivity index (χ0v) is 15.7. The van der Waals surface area contributed by atoms with E-state index >= 15 is 0 Å². The molecule has 0 heterocycles. The molecule has 3 aromatic carbocycles. The van der Waals surface area contributed by atoms with Crippen molar-refractivity contribution in [1.29, 1.82) is 0 Å². The number of carbonyl (C=O) groups excluding carboxylic acids is 1. The van der Waals surface area contributed by atoms with E-state index in [0.717, 1.165) is 28.0 Å². The van der Waals surface area contributed by atoms with Crippen LogP contribution in [0.15, 0.2) is 78.9 Å². The smallest absolute Gasteiger partial charge is 0.317 e. The molecule has 0 aliphatic heterocycles. The number of hydrogen-bond acceptors (Lipinski definition) is 2. The number of rotatable bonds is 6. The van der Waals surface area contributed by atoms with Gasteiger partial charge in [-0.25, -0.2) is 4.79 Å². The lowest BCUT2D eigenvalue weighted by Gasteiger charge is -2.20. The summed E-state index contributed by atoms with van der Waals surface area (Å²) in [5, 5.41) is 2.96. The van der Waals surface area contributed by atoms with Gasteiger partial charge in [-0.1, -0.05) is 66.7 Å². The van der Waals surface area contributed by atoms with Gasteiger partial charge in [-0.2, -0.15) is 0 Å². The number of methoxy groups -OCH3 is 1. The molecule has 4 nitrogen and oxygen atoms in total. The maximum Gasteiger partial charge on any atom is 0.317 e. The summed E-state index contributed by atoms with van der Waals surface area (Å²) in [6.07, 6.45) is 0. The first kappa shape index (κ1) is 18.5. The van der Waals surface area contributed by atoms with E-state index in [1.54, 1.807) is 12.0 Å².